The maximum absolute atomic E-state index is 12.6. The van der Waals surface area contributed by atoms with Crippen molar-refractivity contribution in [3.8, 4) is 0 Å². The van der Waals surface area contributed by atoms with Crippen LogP contribution < -0.4 is 0 Å². The molecule has 6 heteroatoms. The fourth-order valence-electron chi connectivity index (χ4n) is 3.55. The van der Waals surface area contributed by atoms with Gasteiger partial charge in [0, 0.05) is 26.1 Å². The summed E-state index contributed by atoms with van der Waals surface area (Å²) in [5, 5.41) is 9.53. The SMILES string of the molecule is CCn1c(Cc2ccccc2)nnc1SCC(=O)N(C)C1CCCCC1. The van der Waals surface area contributed by atoms with Crippen LogP contribution in [0.2, 0.25) is 0 Å². The predicted octanol–water partition coefficient (Wildman–Crippen LogP) is 3.77. The third kappa shape index (κ3) is 4.67. The zero-order valence-corrected chi connectivity index (χ0v) is 16.5. The van der Waals surface area contributed by atoms with Gasteiger partial charge in [-0.15, -0.1) is 10.2 Å². The average Bonchev–Trinajstić information content (AvgIpc) is 3.08. The summed E-state index contributed by atoms with van der Waals surface area (Å²) in [4.78, 5) is 14.5. The number of carbonyl (C=O) groups excluding carboxylic acids is 1. The molecule has 1 aromatic heterocycles. The van der Waals surface area contributed by atoms with Crippen LogP contribution in [0.1, 0.15) is 50.4 Å². The van der Waals surface area contributed by atoms with Crippen molar-refractivity contribution in [3.63, 3.8) is 0 Å². The molecule has 1 aromatic carbocycles. The number of thioether (sulfide) groups is 1. The summed E-state index contributed by atoms with van der Waals surface area (Å²) in [7, 11) is 1.95. The molecule has 0 N–H and O–H groups in total. The van der Waals surface area contributed by atoms with Crippen molar-refractivity contribution in [1.29, 1.82) is 0 Å². The zero-order valence-electron chi connectivity index (χ0n) is 15.7. The van der Waals surface area contributed by atoms with Gasteiger partial charge in [-0.05, 0) is 25.3 Å². The monoisotopic (exact) mass is 372 g/mol. The van der Waals surface area contributed by atoms with Crippen LogP contribution in [-0.4, -0.2) is 44.4 Å². The summed E-state index contributed by atoms with van der Waals surface area (Å²) in [5.41, 5.74) is 1.22. The Morgan fingerprint density at radius 2 is 1.92 bits per heavy atom. The number of benzene rings is 1. The summed E-state index contributed by atoms with van der Waals surface area (Å²) < 4.78 is 2.12. The highest BCUT2D eigenvalue weighted by molar-refractivity contribution is 7.99. The third-order valence-corrected chi connectivity index (χ3v) is 6.11. The van der Waals surface area contributed by atoms with Gasteiger partial charge in [0.25, 0.3) is 0 Å². The number of hydrogen-bond donors (Lipinski definition) is 0. The molecule has 1 fully saturated rings. The first kappa shape index (κ1) is 19.0. The van der Waals surface area contributed by atoms with E-state index in [-0.39, 0.29) is 5.91 Å². The number of aromatic nitrogens is 3. The highest BCUT2D eigenvalue weighted by atomic mass is 32.2. The second-order valence-electron chi connectivity index (χ2n) is 6.89. The fraction of sp³-hybridized carbons (Fsp3) is 0.550. The van der Waals surface area contributed by atoms with Crippen LogP contribution in [0.15, 0.2) is 35.5 Å². The molecule has 5 nitrogen and oxygen atoms in total. The lowest BCUT2D eigenvalue weighted by Crippen LogP contribution is -2.39. The molecule has 140 valence electrons. The topological polar surface area (TPSA) is 51.0 Å². The minimum absolute atomic E-state index is 0.192. The van der Waals surface area contributed by atoms with Crippen LogP contribution in [0, 0.1) is 0 Å². The lowest BCUT2D eigenvalue weighted by molar-refractivity contribution is -0.129. The Balaban J connectivity index is 1.60. The van der Waals surface area contributed by atoms with E-state index in [1.807, 2.05) is 30.1 Å². The highest BCUT2D eigenvalue weighted by Crippen LogP contribution is 2.24. The predicted molar refractivity (Wildman–Crippen MR) is 105 cm³/mol. The Labute approximate surface area is 160 Å². The number of carbonyl (C=O) groups is 1. The van der Waals surface area contributed by atoms with Crippen molar-refractivity contribution in [3.05, 3.63) is 41.7 Å². The van der Waals surface area contributed by atoms with Gasteiger partial charge in [0.2, 0.25) is 5.91 Å². The van der Waals surface area contributed by atoms with E-state index in [0.29, 0.717) is 11.8 Å². The largest absolute Gasteiger partial charge is 0.342 e. The molecular formula is C20H28N4OS. The maximum Gasteiger partial charge on any atom is 0.233 e. The van der Waals surface area contributed by atoms with Gasteiger partial charge in [0.15, 0.2) is 5.16 Å². The van der Waals surface area contributed by atoms with E-state index in [4.69, 9.17) is 0 Å². The lowest BCUT2D eigenvalue weighted by Gasteiger charge is -2.31. The Bertz CT molecular complexity index is 710. The smallest absolute Gasteiger partial charge is 0.233 e. The van der Waals surface area contributed by atoms with Crippen molar-refractivity contribution in [2.24, 2.45) is 0 Å². The van der Waals surface area contributed by atoms with Gasteiger partial charge in [0.05, 0.1) is 5.75 Å². The number of nitrogens with zero attached hydrogens (tertiary/aromatic N) is 4. The van der Waals surface area contributed by atoms with E-state index < -0.39 is 0 Å². The molecule has 1 aliphatic carbocycles. The second kappa shape index (κ2) is 9.21. The van der Waals surface area contributed by atoms with Crippen LogP contribution >= 0.6 is 11.8 Å². The second-order valence-corrected chi connectivity index (χ2v) is 7.83. The summed E-state index contributed by atoms with van der Waals surface area (Å²) >= 11 is 1.50. The van der Waals surface area contributed by atoms with Crippen LogP contribution in [0.3, 0.4) is 0 Å². The number of rotatable bonds is 7. The number of amides is 1. The van der Waals surface area contributed by atoms with Crippen LogP contribution in [0.25, 0.3) is 0 Å². The van der Waals surface area contributed by atoms with Crippen molar-refractivity contribution in [1.82, 2.24) is 19.7 Å². The zero-order chi connectivity index (χ0) is 18.4. The maximum atomic E-state index is 12.6. The molecule has 3 rings (SSSR count). The van der Waals surface area contributed by atoms with Gasteiger partial charge in [-0.2, -0.15) is 0 Å². The molecule has 1 aliphatic rings. The van der Waals surface area contributed by atoms with Crippen molar-refractivity contribution in [2.75, 3.05) is 12.8 Å². The van der Waals surface area contributed by atoms with E-state index >= 15 is 0 Å². The minimum atomic E-state index is 0.192. The first-order chi connectivity index (χ1) is 12.7. The normalized spacial score (nSPS) is 15.2. The molecule has 0 aliphatic heterocycles. The summed E-state index contributed by atoms with van der Waals surface area (Å²) in [6.07, 6.45) is 6.82. The fourth-order valence-corrected chi connectivity index (χ4v) is 4.50. The molecule has 26 heavy (non-hydrogen) atoms. The van der Waals surface area contributed by atoms with E-state index in [2.05, 4.69) is 33.8 Å². The van der Waals surface area contributed by atoms with Crippen molar-refractivity contribution in [2.45, 2.75) is 63.2 Å². The van der Waals surface area contributed by atoms with Crippen LogP contribution in [-0.2, 0) is 17.8 Å². The van der Waals surface area contributed by atoms with Crippen LogP contribution in [0.5, 0.6) is 0 Å². The quantitative estimate of drug-likeness (QED) is 0.694. The van der Waals surface area contributed by atoms with Gasteiger partial charge >= 0.3 is 0 Å². The molecule has 2 aromatic rings. The molecular weight excluding hydrogens is 344 g/mol. The first-order valence-corrected chi connectivity index (χ1v) is 10.5. The summed E-state index contributed by atoms with van der Waals surface area (Å²) in [5.74, 6) is 1.57. The Hall–Kier alpha value is -1.82. The summed E-state index contributed by atoms with van der Waals surface area (Å²) in [6, 6.07) is 10.7. The minimum Gasteiger partial charge on any atom is -0.342 e. The Morgan fingerprint density at radius 1 is 1.19 bits per heavy atom. The van der Waals surface area contributed by atoms with E-state index in [9.17, 15) is 4.79 Å². The molecule has 0 saturated heterocycles. The third-order valence-electron chi connectivity index (χ3n) is 5.16. The van der Waals surface area contributed by atoms with Gasteiger partial charge in [0.1, 0.15) is 5.82 Å². The van der Waals surface area contributed by atoms with E-state index in [1.54, 1.807) is 0 Å². The molecule has 1 saturated carbocycles. The lowest BCUT2D eigenvalue weighted by atomic mass is 9.94. The van der Waals surface area contributed by atoms with E-state index in [1.165, 1.54) is 36.6 Å². The number of hydrogen-bond acceptors (Lipinski definition) is 4. The molecule has 0 unspecified atom stereocenters. The van der Waals surface area contributed by atoms with Crippen LogP contribution in [0.4, 0.5) is 0 Å². The van der Waals surface area contributed by atoms with Gasteiger partial charge in [-0.1, -0.05) is 61.4 Å². The first-order valence-electron chi connectivity index (χ1n) is 9.53. The van der Waals surface area contributed by atoms with Gasteiger partial charge in [-0.3, -0.25) is 4.79 Å². The van der Waals surface area contributed by atoms with Gasteiger partial charge in [-0.25, -0.2) is 0 Å². The van der Waals surface area contributed by atoms with E-state index in [0.717, 1.165) is 36.8 Å². The summed E-state index contributed by atoms with van der Waals surface area (Å²) in [6.45, 7) is 2.90. The molecule has 1 heterocycles. The standard InChI is InChI=1S/C20H28N4OS/c1-3-24-18(14-16-10-6-4-7-11-16)21-22-20(24)26-15-19(25)23(2)17-12-8-5-9-13-17/h4,6-7,10-11,17H,3,5,8-9,12-15H2,1-2H3. The molecule has 0 spiro atoms. The van der Waals surface area contributed by atoms with Crippen molar-refractivity contribution < 1.29 is 4.79 Å². The Morgan fingerprint density at radius 3 is 2.62 bits per heavy atom. The highest BCUT2D eigenvalue weighted by Gasteiger charge is 2.22. The Kier molecular flexibility index (Phi) is 6.72. The van der Waals surface area contributed by atoms with Crippen molar-refractivity contribution >= 4 is 17.7 Å². The molecule has 1 amide bonds. The molecule has 0 radical (unpaired) electrons. The molecule has 0 bridgehead atoms. The molecule has 0 atom stereocenters. The average molecular weight is 373 g/mol. The van der Waals surface area contributed by atoms with Gasteiger partial charge < -0.3 is 9.47 Å².